The molecule has 0 N–H and O–H groups in total. The van der Waals surface area contributed by atoms with E-state index in [0.717, 1.165) is 24.0 Å². The highest BCUT2D eigenvalue weighted by Crippen LogP contribution is 2.20. The predicted octanol–water partition coefficient (Wildman–Crippen LogP) is 3.70. The Bertz CT molecular complexity index is 512. The van der Waals surface area contributed by atoms with Crippen molar-refractivity contribution in [2.75, 3.05) is 0 Å². The molecule has 0 saturated carbocycles. The lowest BCUT2D eigenvalue weighted by Gasteiger charge is -2.05. The van der Waals surface area contributed by atoms with Crippen LogP contribution in [0.2, 0.25) is 0 Å². The zero-order valence-corrected chi connectivity index (χ0v) is 10.5. The number of alkyl halides is 2. The van der Waals surface area contributed by atoms with Crippen LogP contribution in [0.1, 0.15) is 18.9 Å². The molecule has 0 spiro atoms. The van der Waals surface area contributed by atoms with Gasteiger partial charge in [0.1, 0.15) is 5.75 Å². The number of hydrogen-bond acceptors (Lipinski definition) is 3. The average Bonchev–Trinajstić information content (AvgIpc) is 2.40. The summed E-state index contributed by atoms with van der Waals surface area (Å²) in [6.45, 7) is -0.717. The third kappa shape index (κ3) is 3.71. The fraction of sp³-hybridized carbons (Fsp3) is 0.286. The lowest BCUT2D eigenvalue weighted by molar-refractivity contribution is -0.0498. The topological polar surface area (TPSA) is 35.0 Å². The van der Waals surface area contributed by atoms with E-state index in [4.69, 9.17) is 0 Å². The van der Waals surface area contributed by atoms with Crippen molar-refractivity contribution in [2.24, 2.45) is 0 Å². The van der Waals surface area contributed by atoms with Gasteiger partial charge >= 0.3 is 6.61 Å². The molecule has 0 amide bonds. The molecule has 1 heterocycles. The molecule has 0 unspecified atom stereocenters. The van der Waals surface area contributed by atoms with Crippen molar-refractivity contribution in [1.82, 2.24) is 9.97 Å². The summed E-state index contributed by atoms with van der Waals surface area (Å²) in [6.07, 6.45) is 5.56. The van der Waals surface area contributed by atoms with E-state index in [9.17, 15) is 8.78 Å². The number of hydrogen-bond donors (Lipinski definition) is 0. The molecule has 0 fully saturated rings. The van der Waals surface area contributed by atoms with E-state index in [1.807, 2.05) is 0 Å². The number of nitrogens with zero attached hydrogens (tertiary/aromatic N) is 2. The molecule has 3 nitrogen and oxygen atoms in total. The second-order valence-corrected chi connectivity index (χ2v) is 4.07. The van der Waals surface area contributed by atoms with E-state index < -0.39 is 6.61 Å². The summed E-state index contributed by atoms with van der Waals surface area (Å²) in [5.74, 6) is 0.699. The van der Waals surface area contributed by atoms with Gasteiger partial charge in [-0.05, 0) is 36.2 Å². The first kappa shape index (κ1) is 13.4. The van der Waals surface area contributed by atoms with E-state index in [2.05, 4.69) is 21.6 Å². The van der Waals surface area contributed by atoms with Gasteiger partial charge in [0.25, 0.3) is 0 Å². The van der Waals surface area contributed by atoms with Crippen molar-refractivity contribution in [2.45, 2.75) is 26.4 Å². The van der Waals surface area contributed by atoms with Crippen LogP contribution in [-0.2, 0) is 6.42 Å². The summed E-state index contributed by atoms with van der Waals surface area (Å²) in [5.41, 5.74) is 1.86. The first-order chi connectivity index (χ1) is 9.19. The predicted molar refractivity (Wildman–Crippen MR) is 68.1 cm³/mol. The van der Waals surface area contributed by atoms with Crippen LogP contribution in [0, 0.1) is 0 Å². The van der Waals surface area contributed by atoms with Crippen LogP contribution in [0.3, 0.4) is 0 Å². The zero-order valence-electron chi connectivity index (χ0n) is 10.5. The zero-order chi connectivity index (χ0) is 13.7. The maximum atomic E-state index is 12.0. The molecule has 100 valence electrons. The molecule has 5 heteroatoms. The van der Waals surface area contributed by atoms with Crippen LogP contribution in [0.15, 0.2) is 36.7 Å². The van der Waals surface area contributed by atoms with Gasteiger partial charge < -0.3 is 4.74 Å². The number of ether oxygens (including phenoxy) is 1. The van der Waals surface area contributed by atoms with E-state index in [1.165, 1.54) is 12.1 Å². The first-order valence-corrected chi connectivity index (χ1v) is 6.05. The number of rotatable bonds is 5. The van der Waals surface area contributed by atoms with Gasteiger partial charge in [-0.15, -0.1) is 0 Å². The maximum Gasteiger partial charge on any atom is 0.387 e. The smallest absolute Gasteiger partial charge is 0.387 e. The summed E-state index contributed by atoms with van der Waals surface area (Å²) >= 11 is 0. The Morgan fingerprint density at radius 1 is 1.11 bits per heavy atom. The van der Waals surface area contributed by atoms with Crippen molar-refractivity contribution in [1.29, 1.82) is 0 Å². The molecule has 0 atom stereocenters. The monoisotopic (exact) mass is 264 g/mol. The van der Waals surface area contributed by atoms with Gasteiger partial charge in [-0.1, -0.05) is 13.3 Å². The number of aryl methyl sites for hydroxylation is 1. The maximum absolute atomic E-state index is 12.0. The van der Waals surface area contributed by atoms with Crippen molar-refractivity contribution in [3.8, 4) is 17.1 Å². The van der Waals surface area contributed by atoms with Crippen LogP contribution in [-0.4, -0.2) is 16.6 Å². The molecular weight excluding hydrogens is 250 g/mol. The molecule has 0 aliphatic rings. The van der Waals surface area contributed by atoms with Gasteiger partial charge in [-0.2, -0.15) is 8.78 Å². The largest absolute Gasteiger partial charge is 0.435 e. The third-order valence-corrected chi connectivity index (χ3v) is 2.58. The molecule has 0 radical (unpaired) electrons. The summed E-state index contributed by atoms with van der Waals surface area (Å²) in [4.78, 5) is 8.52. The second kappa shape index (κ2) is 6.22. The molecule has 0 aliphatic heterocycles. The highest BCUT2D eigenvalue weighted by Gasteiger charge is 2.05. The summed E-state index contributed by atoms with van der Waals surface area (Å²) in [6, 6.07) is 6.27. The fourth-order valence-corrected chi connectivity index (χ4v) is 1.71. The van der Waals surface area contributed by atoms with Crippen molar-refractivity contribution in [3.63, 3.8) is 0 Å². The molecule has 1 aromatic heterocycles. The standard InChI is InChI=1S/C14H14F2N2O/c1-2-3-10-8-17-13(18-9-10)11-4-6-12(7-5-11)19-14(15)16/h4-9,14H,2-3H2,1H3. The normalized spacial score (nSPS) is 10.7. The van der Waals surface area contributed by atoms with Gasteiger partial charge in [0.05, 0.1) is 0 Å². The Labute approximate surface area is 110 Å². The van der Waals surface area contributed by atoms with Gasteiger partial charge in [-0.25, -0.2) is 9.97 Å². The van der Waals surface area contributed by atoms with Crippen LogP contribution in [0.4, 0.5) is 8.78 Å². The van der Waals surface area contributed by atoms with Gasteiger partial charge in [0.2, 0.25) is 0 Å². The Morgan fingerprint density at radius 3 is 2.26 bits per heavy atom. The lowest BCUT2D eigenvalue weighted by Crippen LogP contribution is -2.01. The molecule has 2 aromatic rings. The van der Waals surface area contributed by atoms with E-state index in [-0.39, 0.29) is 5.75 Å². The molecular formula is C14H14F2N2O. The number of halogens is 2. The Balaban J connectivity index is 2.13. The first-order valence-electron chi connectivity index (χ1n) is 6.05. The Morgan fingerprint density at radius 2 is 1.74 bits per heavy atom. The highest BCUT2D eigenvalue weighted by molar-refractivity contribution is 5.55. The lowest BCUT2D eigenvalue weighted by atomic mass is 10.2. The highest BCUT2D eigenvalue weighted by atomic mass is 19.3. The molecule has 2 rings (SSSR count). The van der Waals surface area contributed by atoms with Crippen molar-refractivity contribution in [3.05, 3.63) is 42.2 Å². The number of benzene rings is 1. The molecule has 1 aromatic carbocycles. The van der Waals surface area contributed by atoms with Gasteiger partial charge in [0, 0.05) is 18.0 Å². The van der Waals surface area contributed by atoms with E-state index in [1.54, 1.807) is 24.5 Å². The minimum atomic E-state index is -2.81. The third-order valence-electron chi connectivity index (χ3n) is 2.58. The SMILES string of the molecule is CCCc1cnc(-c2ccc(OC(F)F)cc2)nc1. The Kier molecular flexibility index (Phi) is 4.39. The molecule has 19 heavy (non-hydrogen) atoms. The summed E-state index contributed by atoms with van der Waals surface area (Å²) in [5, 5.41) is 0. The van der Waals surface area contributed by atoms with E-state index in [0.29, 0.717) is 5.82 Å². The van der Waals surface area contributed by atoms with Gasteiger partial charge in [-0.3, -0.25) is 0 Å². The molecule has 0 bridgehead atoms. The summed E-state index contributed by atoms with van der Waals surface area (Å²) in [7, 11) is 0. The molecule has 0 saturated heterocycles. The Hall–Kier alpha value is -2.04. The number of aromatic nitrogens is 2. The summed E-state index contributed by atoms with van der Waals surface area (Å²) < 4.78 is 28.3. The van der Waals surface area contributed by atoms with Gasteiger partial charge in [0.15, 0.2) is 5.82 Å². The minimum Gasteiger partial charge on any atom is -0.435 e. The minimum absolute atomic E-state index is 0.126. The average molecular weight is 264 g/mol. The van der Waals surface area contributed by atoms with E-state index >= 15 is 0 Å². The van der Waals surface area contributed by atoms with Crippen molar-refractivity contribution < 1.29 is 13.5 Å². The van der Waals surface area contributed by atoms with Crippen LogP contribution < -0.4 is 4.74 Å². The second-order valence-electron chi connectivity index (χ2n) is 4.07. The fourth-order valence-electron chi connectivity index (χ4n) is 1.71. The van der Waals surface area contributed by atoms with Crippen LogP contribution >= 0.6 is 0 Å². The quantitative estimate of drug-likeness (QED) is 0.826. The van der Waals surface area contributed by atoms with Crippen LogP contribution in [0.5, 0.6) is 5.75 Å². The van der Waals surface area contributed by atoms with Crippen molar-refractivity contribution >= 4 is 0 Å². The molecule has 0 aliphatic carbocycles. The van der Waals surface area contributed by atoms with Crippen LogP contribution in [0.25, 0.3) is 11.4 Å².